The molecule has 98 valence electrons. The van der Waals surface area contributed by atoms with Crippen LogP contribution in [0.4, 0.5) is 26.3 Å². The van der Waals surface area contributed by atoms with Crippen LogP contribution in [0.1, 0.15) is 11.6 Å². The molecular formula is C8H6ClF6NO. The van der Waals surface area contributed by atoms with Gasteiger partial charge in [0.2, 0.25) is 0 Å². The van der Waals surface area contributed by atoms with Gasteiger partial charge in [-0.15, -0.1) is 12.4 Å². The SMILES string of the molecule is Cl.N[C@H](c1c(O)cc(F)c(F)c1F)C(F)(F)F. The highest BCUT2D eigenvalue weighted by Crippen LogP contribution is 2.37. The molecule has 0 aliphatic carbocycles. The smallest absolute Gasteiger partial charge is 0.407 e. The van der Waals surface area contributed by atoms with Gasteiger partial charge >= 0.3 is 6.18 Å². The van der Waals surface area contributed by atoms with Gasteiger partial charge in [0, 0.05) is 6.07 Å². The van der Waals surface area contributed by atoms with E-state index in [0.717, 1.165) is 0 Å². The van der Waals surface area contributed by atoms with Gasteiger partial charge in [0.25, 0.3) is 0 Å². The normalized spacial score (nSPS) is 13.1. The zero-order valence-electron chi connectivity index (χ0n) is 7.86. The molecule has 1 rings (SSSR count). The summed E-state index contributed by atoms with van der Waals surface area (Å²) in [6.07, 6.45) is -5.08. The van der Waals surface area contributed by atoms with Gasteiger partial charge in [-0.3, -0.25) is 0 Å². The van der Waals surface area contributed by atoms with Crippen molar-refractivity contribution in [3.05, 3.63) is 29.1 Å². The van der Waals surface area contributed by atoms with Gasteiger partial charge in [-0.05, 0) is 0 Å². The van der Waals surface area contributed by atoms with E-state index in [1.165, 1.54) is 0 Å². The highest BCUT2D eigenvalue weighted by molar-refractivity contribution is 5.85. The lowest BCUT2D eigenvalue weighted by molar-refractivity contribution is -0.150. The Hall–Kier alpha value is -1.15. The van der Waals surface area contributed by atoms with Crippen molar-refractivity contribution in [2.24, 2.45) is 5.73 Å². The van der Waals surface area contributed by atoms with Crippen LogP contribution in [0.5, 0.6) is 5.75 Å². The van der Waals surface area contributed by atoms with Gasteiger partial charge in [-0.25, -0.2) is 13.2 Å². The zero-order chi connectivity index (χ0) is 12.7. The van der Waals surface area contributed by atoms with E-state index < -0.39 is 41.0 Å². The average Bonchev–Trinajstić information content (AvgIpc) is 2.13. The van der Waals surface area contributed by atoms with E-state index in [1.54, 1.807) is 0 Å². The Balaban J connectivity index is 0.00000256. The molecule has 0 fully saturated rings. The fraction of sp³-hybridized carbons (Fsp3) is 0.250. The first-order valence-corrected chi connectivity index (χ1v) is 3.85. The summed E-state index contributed by atoms with van der Waals surface area (Å²) >= 11 is 0. The quantitative estimate of drug-likeness (QED) is 0.614. The van der Waals surface area contributed by atoms with Gasteiger partial charge < -0.3 is 10.8 Å². The monoisotopic (exact) mass is 281 g/mol. The lowest BCUT2D eigenvalue weighted by Gasteiger charge is -2.17. The van der Waals surface area contributed by atoms with Crippen LogP contribution in [-0.4, -0.2) is 11.3 Å². The van der Waals surface area contributed by atoms with Crippen LogP contribution in [0.25, 0.3) is 0 Å². The third-order valence-corrected chi connectivity index (χ3v) is 1.84. The maximum Gasteiger partial charge on any atom is 0.407 e. The van der Waals surface area contributed by atoms with Crippen molar-refractivity contribution in [2.75, 3.05) is 0 Å². The minimum absolute atomic E-state index is 0. The molecule has 0 spiro atoms. The third kappa shape index (κ3) is 2.95. The third-order valence-electron chi connectivity index (χ3n) is 1.84. The van der Waals surface area contributed by atoms with Crippen LogP contribution < -0.4 is 5.73 Å². The zero-order valence-corrected chi connectivity index (χ0v) is 8.67. The van der Waals surface area contributed by atoms with E-state index in [1.807, 2.05) is 0 Å². The molecule has 0 amide bonds. The summed E-state index contributed by atoms with van der Waals surface area (Å²) in [6, 6.07) is -2.90. The van der Waals surface area contributed by atoms with E-state index in [-0.39, 0.29) is 18.5 Å². The van der Waals surface area contributed by atoms with Crippen molar-refractivity contribution >= 4 is 12.4 Å². The molecule has 0 aliphatic rings. The summed E-state index contributed by atoms with van der Waals surface area (Å²) in [4.78, 5) is 0. The Kier molecular flexibility index (Phi) is 4.67. The second kappa shape index (κ2) is 5.01. The molecule has 0 unspecified atom stereocenters. The Labute approximate surface area is 97.4 Å². The van der Waals surface area contributed by atoms with E-state index in [4.69, 9.17) is 5.11 Å². The second-order valence-electron chi connectivity index (χ2n) is 2.94. The Bertz CT molecular complexity index is 421. The first-order chi connectivity index (χ1) is 7.16. The van der Waals surface area contributed by atoms with Gasteiger partial charge in [0.05, 0.1) is 5.56 Å². The molecule has 0 saturated carbocycles. The number of aromatic hydroxyl groups is 1. The molecule has 0 saturated heterocycles. The fourth-order valence-electron chi connectivity index (χ4n) is 1.06. The van der Waals surface area contributed by atoms with Crippen molar-refractivity contribution < 1.29 is 31.4 Å². The van der Waals surface area contributed by atoms with Crippen LogP contribution in [0.2, 0.25) is 0 Å². The Morgan fingerprint density at radius 2 is 1.59 bits per heavy atom. The molecule has 3 N–H and O–H groups in total. The first-order valence-electron chi connectivity index (χ1n) is 3.85. The minimum atomic E-state index is -5.08. The molecular weight excluding hydrogens is 276 g/mol. The summed E-state index contributed by atoms with van der Waals surface area (Å²) in [5, 5.41) is 8.90. The maximum atomic E-state index is 12.9. The highest BCUT2D eigenvalue weighted by atomic mass is 35.5. The van der Waals surface area contributed by atoms with Crippen LogP contribution in [0.15, 0.2) is 6.07 Å². The largest absolute Gasteiger partial charge is 0.507 e. The van der Waals surface area contributed by atoms with E-state index in [2.05, 4.69) is 5.73 Å². The van der Waals surface area contributed by atoms with Gasteiger partial charge in [0.15, 0.2) is 17.5 Å². The van der Waals surface area contributed by atoms with Crippen LogP contribution in [0.3, 0.4) is 0 Å². The van der Waals surface area contributed by atoms with Gasteiger partial charge in [-0.1, -0.05) is 0 Å². The lowest BCUT2D eigenvalue weighted by Crippen LogP contribution is -2.29. The molecule has 2 nitrogen and oxygen atoms in total. The molecule has 1 aromatic carbocycles. The standard InChI is InChI=1S/C8H5F6NO.ClH/c9-2-1-3(16)4(6(11)5(2)10)7(15)8(12,13)14;/h1,7,16H,15H2;1H/t7-;/m1./s1. The molecule has 17 heavy (non-hydrogen) atoms. The minimum Gasteiger partial charge on any atom is -0.507 e. The average molecular weight is 282 g/mol. The van der Waals surface area contributed by atoms with Gasteiger partial charge in [0.1, 0.15) is 11.8 Å². The van der Waals surface area contributed by atoms with Crippen LogP contribution in [-0.2, 0) is 0 Å². The number of nitrogens with two attached hydrogens (primary N) is 1. The molecule has 0 aliphatic heterocycles. The van der Waals surface area contributed by atoms with Crippen molar-refractivity contribution in [1.29, 1.82) is 0 Å². The van der Waals surface area contributed by atoms with E-state index >= 15 is 0 Å². The maximum absolute atomic E-state index is 12.9. The number of phenols is 1. The van der Waals surface area contributed by atoms with Crippen LogP contribution >= 0.6 is 12.4 Å². The van der Waals surface area contributed by atoms with Crippen molar-refractivity contribution in [1.82, 2.24) is 0 Å². The molecule has 0 heterocycles. The molecule has 1 atom stereocenters. The van der Waals surface area contributed by atoms with Crippen molar-refractivity contribution in [2.45, 2.75) is 12.2 Å². The molecule has 0 radical (unpaired) electrons. The number of benzene rings is 1. The topological polar surface area (TPSA) is 46.2 Å². The summed E-state index contributed by atoms with van der Waals surface area (Å²) in [6.45, 7) is 0. The van der Waals surface area contributed by atoms with Crippen molar-refractivity contribution in [3.63, 3.8) is 0 Å². The fourth-order valence-corrected chi connectivity index (χ4v) is 1.06. The molecule has 0 bridgehead atoms. The summed E-state index contributed by atoms with van der Waals surface area (Å²) in [7, 11) is 0. The lowest BCUT2D eigenvalue weighted by atomic mass is 10.0. The van der Waals surface area contributed by atoms with Crippen molar-refractivity contribution in [3.8, 4) is 5.75 Å². The second-order valence-corrected chi connectivity index (χ2v) is 2.94. The predicted molar refractivity (Wildman–Crippen MR) is 48.2 cm³/mol. The summed E-state index contributed by atoms with van der Waals surface area (Å²) in [5.74, 6) is -7.45. The number of alkyl halides is 3. The predicted octanol–water partition coefficient (Wildman–Crippen LogP) is 2.79. The van der Waals surface area contributed by atoms with Gasteiger partial charge in [-0.2, -0.15) is 13.2 Å². The highest BCUT2D eigenvalue weighted by Gasteiger charge is 2.42. The number of halogens is 7. The number of hydrogen-bond acceptors (Lipinski definition) is 2. The first kappa shape index (κ1) is 15.9. The molecule has 1 aromatic rings. The van der Waals surface area contributed by atoms with E-state index in [9.17, 15) is 26.3 Å². The molecule has 0 aromatic heterocycles. The summed E-state index contributed by atoms with van der Waals surface area (Å²) in [5.41, 5.74) is 3.06. The van der Waals surface area contributed by atoms with E-state index in [0.29, 0.717) is 0 Å². The summed E-state index contributed by atoms with van der Waals surface area (Å²) < 4.78 is 74.4. The Morgan fingerprint density at radius 3 is 2.00 bits per heavy atom. The number of phenolic OH excluding ortho intramolecular Hbond substituents is 1. The number of hydrogen-bond donors (Lipinski definition) is 2. The Morgan fingerprint density at radius 1 is 1.12 bits per heavy atom. The van der Waals surface area contributed by atoms with Crippen LogP contribution in [0, 0.1) is 17.5 Å². The number of rotatable bonds is 1. The molecule has 9 heteroatoms.